The minimum absolute atomic E-state index is 0.818. The lowest BCUT2D eigenvalue weighted by Crippen LogP contribution is -2.38. The summed E-state index contributed by atoms with van der Waals surface area (Å²) in [5, 5.41) is 3.70. The van der Waals surface area contributed by atoms with E-state index in [1.807, 2.05) is 0 Å². The van der Waals surface area contributed by atoms with Gasteiger partial charge in [-0.25, -0.2) is 0 Å². The van der Waals surface area contributed by atoms with Gasteiger partial charge in [-0.2, -0.15) is 0 Å². The highest BCUT2D eigenvalue weighted by atomic mass is 16.5. The Hall–Kier alpha value is -0.120. The molecule has 0 aromatic carbocycles. The van der Waals surface area contributed by atoms with Gasteiger partial charge in [0.2, 0.25) is 0 Å². The lowest BCUT2D eigenvalue weighted by atomic mass is 9.95. The second-order valence-corrected chi connectivity index (χ2v) is 5.10. The molecule has 0 radical (unpaired) electrons. The van der Waals surface area contributed by atoms with Gasteiger partial charge in [-0.15, -0.1) is 0 Å². The van der Waals surface area contributed by atoms with E-state index in [1.165, 1.54) is 51.6 Å². The molecule has 1 heterocycles. The van der Waals surface area contributed by atoms with E-state index in [0.717, 1.165) is 32.3 Å². The van der Waals surface area contributed by atoms with E-state index < -0.39 is 0 Å². The number of hydrogen-bond donors (Lipinski definition) is 1. The zero-order valence-corrected chi connectivity index (χ0v) is 10.4. The third-order valence-electron chi connectivity index (χ3n) is 3.79. The molecular weight excluding hydrogens is 200 g/mol. The molecule has 0 spiro atoms. The molecule has 2 fully saturated rings. The Kier molecular flexibility index (Phi) is 5.59. The summed E-state index contributed by atoms with van der Waals surface area (Å²) in [4.78, 5) is 2.52. The van der Waals surface area contributed by atoms with Gasteiger partial charge >= 0.3 is 0 Å². The molecule has 1 saturated heterocycles. The van der Waals surface area contributed by atoms with E-state index >= 15 is 0 Å². The summed E-state index contributed by atoms with van der Waals surface area (Å²) in [6.07, 6.45) is 8.40. The molecule has 0 atom stereocenters. The zero-order valence-electron chi connectivity index (χ0n) is 10.4. The average molecular weight is 226 g/mol. The number of ether oxygens (including phenoxy) is 1. The van der Waals surface area contributed by atoms with Crippen LogP contribution in [0.2, 0.25) is 0 Å². The topological polar surface area (TPSA) is 24.5 Å². The number of rotatable bonds is 5. The first-order valence-electron chi connectivity index (χ1n) is 6.98. The van der Waals surface area contributed by atoms with Crippen molar-refractivity contribution in [3.05, 3.63) is 0 Å². The molecule has 1 N–H and O–H groups in total. The summed E-state index contributed by atoms with van der Waals surface area (Å²) in [6.45, 7) is 6.55. The Morgan fingerprint density at radius 2 is 1.81 bits per heavy atom. The Balaban J connectivity index is 1.47. The van der Waals surface area contributed by atoms with Crippen LogP contribution in [-0.2, 0) is 4.74 Å². The van der Waals surface area contributed by atoms with Gasteiger partial charge in [0.15, 0.2) is 0 Å². The first kappa shape index (κ1) is 12.3. The molecule has 1 saturated carbocycles. The van der Waals surface area contributed by atoms with Crippen LogP contribution in [0.5, 0.6) is 0 Å². The largest absolute Gasteiger partial charge is 0.379 e. The van der Waals surface area contributed by atoms with Crippen LogP contribution >= 0.6 is 0 Å². The van der Waals surface area contributed by atoms with Gasteiger partial charge in [-0.3, -0.25) is 4.90 Å². The van der Waals surface area contributed by atoms with Crippen molar-refractivity contribution >= 4 is 0 Å². The van der Waals surface area contributed by atoms with Crippen molar-refractivity contribution in [2.45, 2.75) is 44.6 Å². The minimum atomic E-state index is 0.818. The van der Waals surface area contributed by atoms with Gasteiger partial charge in [-0.1, -0.05) is 19.3 Å². The second kappa shape index (κ2) is 7.25. The zero-order chi connectivity index (χ0) is 11.1. The first-order valence-corrected chi connectivity index (χ1v) is 6.98. The normalized spacial score (nSPS) is 24.8. The maximum absolute atomic E-state index is 5.34. The number of hydrogen-bond acceptors (Lipinski definition) is 3. The first-order chi connectivity index (χ1) is 7.95. The Labute approximate surface area is 99.5 Å². The summed E-state index contributed by atoms with van der Waals surface area (Å²) >= 11 is 0. The standard InChI is InChI=1S/C13H26N2O/c1-2-5-13(6-3-1)14-7-4-8-15-9-11-16-12-10-15/h13-14H,1-12H2. The smallest absolute Gasteiger partial charge is 0.0594 e. The van der Waals surface area contributed by atoms with E-state index in [4.69, 9.17) is 4.74 Å². The molecule has 1 aliphatic heterocycles. The predicted octanol–water partition coefficient (Wildman–Crippen LogP) is 1.63. The van der Waals surface area contributed by atoms with Crippen molar-refractivity contribution in [2.24, 2.45) is 0 Å². The van der Waals surface area contributed by atoms with Crippen molar-refractivity contribution in [3.8, 4) is 0 Å². The van der Waals surface area contributed by atoms with Crippen LogP contribution in [0, 0.1) is 0 Å². The van der Waals surface area contributed by atoms with Crippen LogP contribution in [-0.4, -0.2) is 50.3 Å². The highest BCUT2D eigenvalue weighted by Gasteiger charge is 2.13. The quantitative estimate of drug-likeness (QED) is 0.721. The lowest BCUT2D eigenvalue weighted by Gasteiger charge is -2.27. The van der Waals surface area contributed by atoms with Gasteiger partial charge < -0.3 is 10.1 Å². The highest BCUT2D eigenvalue weighted by molar-refractivity contribution is 4.72. The van der Waals surface area contributed by atoms with E-state index in [2.05, 4.69) is 10.2 Å². The van der Waals surface area contributed by atoms with Gasteiger partial charge in [0, 0.05) is 19.1 Å². The van der Waals surface area contributed by atoms with Crippen molar-refractivity contribution in [2.75, 3.05) is 39.4 Å². The number of nitrogens with one attached hydrogen (secondary N) is 1. The fourth-order valence-electron chi connectivity index (χ4n) is 2.74. The second-order valence-electron chi connectivity index (χ2n) is 5.10. The average Bonchev–Trinajstić information content (AvgIpc) is 2.37. The van der Waals surface area contributed by atoms with E-state index in [0.29, 0.717) is 0 Å². The molecule has 3 nitrogen and oxygen atoms in total. The van der Waals surface area contributed by atoms with Gasteiger partial charge in [0.25, 0.3) is 0 Å². The fraction of sp³-hybridized carbons (Fsp3) is 1.00. The molecule has 1 aliphatic carbocycles. The molecule has 16 heavy (non-hydrogen) atoms. The third-order valence-corrected chi connectivity index (χ3v) is 3.79. The van der Waals surface area contributed by atoms with E-state index in [9.17, 15) is 0 Å². The van der Waals surface area contributed by atoms with Crippen LogP contribution < -0.4 is 5.32 Å². The van der Waals surface area contributed by atoms with Crippen LogP contribution in [0.4, 0.5) is 0 Å². The van der Waals surface area contributed by atoms with Crippen LogP contribution in [0.15, 0.2) is 0 Å². The number of morpholine rings is 1. The maximum Gasteiger partial charge on any atom is 0.0594 e. The Bertz CT molecular complexity index is 155. The summed E-state index contributed by atoms with van der Waals surface area (Å²) in [5.74, 6) is 0. The lowest BCUT2D eigenvalue weighted by molar-refractivity contribution is 0.0373. The highest BCUT2D eigenvalue weighted by Crippen LogP contribution is 2.17. The van der Waals surface area contributed by atoms with Crippen molar-refractivity contribution in [1.82, 2.24) is 10.2 Å². The van der Waals surface area contributed by atoms with Crippen LogP contribution in [0.1, 0.15) is 38.5 Å². The fourth-order valence-corrected chi connectivity index (χ4v) is 2.74. The third kappa shape index (κ3) is 4.40. The molecule has 0 bridgehead atoms. The molecule has 0 aromatic heterocycles. The molecular formula is C13H26N2O. The van der Waals surface area contributed by atoms with Crippen molar-refractivity contribution in [3.63, 3.8) is 0 Å². The molecule has 94 valence electrons. The summed E-state index contributed by atoms with van der Waals surface area (Å²) in [7, 11) is 0. The van der Waals surface area contributed by atoms with Gasteiger partial charge in [0.1, 0.15) is 0 Å². The van der Waals surface area contributed by atoms with Crippen molar-refractivity contribution < 1.29 is 4.74 Å². The Morgan fingerprint density at radius 3 is 2.56 bits per heavy atom. The molecule has 0 amide bonds. The Morgan fingerprint density at radius 1 is 1.06 bits per heavy atom. The maximum atomic E-state index is 5.34. The summed E-state index contributed by atoms with van der Waals surface area (Å²) in [6, 6.07) is 0.818. The summed E-state index contributed by atoms with van der Waals surface area (Å²) in [5.41, 5.74) is 0. The van der Waals surface area contributed by atoms with Crippen LogP contribution in [0.3, 0.4) is 0 Å². The van der Waals surface area contributed by atoms with E-state index in [1.54, 1.807) is 0 Å². The SMILES string of the molecule is C1CCC(NCCCN2CCOCC2)CC1. The molecule has 2 rings (SSSR count). The molecule has 3 heteroatoms. The predicted molar refractivity (Wildman–Crippen MR) is 66.8 cm³/mol. The minimum Gasteiger partial charge on any atom is -0.379 e. The monoisotopic (exact) mass is 226 g/mol. The summed E-state index contributed by atoms with van der Waals surface area (Å²) < 4.78 is 5.34. The van der Waals surface area contributed by atoms with Crippen molar-refractivity contribution in [1.29, 1.82) is 0 Å². The van der Waals surface area contributed by atoms with E-state index in [-0.39, 0.29) is 0 Å². The molecule has 0 aromatic rings. The molecule has 2 aliphatic rings. The van der Waals surface area contributed by atoms with Crippen LogP contribution in [0.25, 0.3) is 0 Å². The van der Waals surface area contributed by atoms with Gasteiger partial charge in [0.05, 0.1) is 13.2 Å². The molecule has 0 unspecified atom stereocenters. The van der Waals surface area contributed by atoms with Gasteiger partial charge in [-0.05, 0) is 32.4 Å². The number of nitrogens with zero attached hydrogens (tertiary/aromatic N) is 1.